The molecule has 6 nitrogen and oxygen atoms in total. The van der Waals surface area contributed by atoms with Crippen LogP contribution in [0, 0.1) is 6.92 Å². The molecule has 1 aromatic heterocycles. The number of rotatable bonds is 10. The fraction of sp³-hybridized carbons (Fsp3) is 0.625. The summed E-state index contributed by atoms with van der Waals surface area (Å²) in [6, 6.07) is 5.11. The molecule has 0 atom stereocenters. The zero-order valence-corrected chi connectivity index (χ0v) is 19.9. The summed E-state index contributed by atoms with van der Waals surface area (Å²) in [6.07, 6.45) is 9.05. The molecule has 1 saturated carbocycles. The summed E-state index contributed by atoms with van der Waals surface area (Å²) in [5, 5.41) is 3.77. The number of nitrogens with one attached hydrogen (secondary N) is 1. The third-order valence-electron chi connectivity index (χ3n) is 6.21. The van der Waals surface area contributed by atoms with Gasteiger partial charge in [-0.25, -0.2) is 8.42 Å². The van der Waals surface area contributed by atoms with Gasteiger partial charge >= 0.3 is 0 Å². The lowest BCUT2D eigenvalue weighted by molar-refractivity contribution is 0.0901. The van der Waals surface area contributed by atoms with Crippen molar-refractivity contribution in [1.82, 2.24) is 9.62 Å². The van der Waals surface area contributed by atoms with E-state index in [1.807, 2.05) is 6.92 Å². The fourth-order valence-electron chi connectivity index (χ4n) is 4.25. The van der Waals surface area contributed by atoms with Crippen molar-refractivity contribution in [1.29, 1.82) is 0 Å². The van der Waals surface area contributed by atoms with E-state index in [4.69, 9.17) is 4.42 Å². The van der Waals surface area contributed by atoms with Crippen molar-refractivity contribution in [2.75, 3.05) is 13.1 Å². The van der Waals surface area contributed by atoms with Gasteiger partial charge in [0.1, 0.15) is 5.58 Å². The van der Waals surface area contributed by atoms with Crippen molar-refractivity contribution < 1.29 is 17.6 Å². The number of unbranched alkanes of at least 4 members (excludes halogenated alkanes) is 2. The number of sulfonamides is 1. The Kier molecular flexibility index (Phi) is 8.17. The minimum absolute atomic E-state index is 0.190. The second-order valence-corrected chi connectivity index (χ2v) is 10.6. The summed E-state index contributed by atoms with van der Waals surface area (Å²) < 4.78 is 34.1. The SMILES string of the molecule is CCCCN(CCCC)S(=O)(=O)c1ccc2oc(C(=O)NC3CCCCC3)c(C)c2c1. The maximum atomic E-state index is 13.3. The van der Waals surface area contributed by atoms with Gasteiger partial charge in [0.15, 0.2) is 5.76 Å². The fourth-order valence-corrected chi connectivity index (χ4v) is 5.79. The zero-order valence-electron chi connectivity index (χ0n) is 19.1. The molecule has 7 heteroatoms. The number of carbonyl (C=O) groups is 1. The van der Waals surface area contributed by atoms with Crippen LogP contribution in [-0.2, 0) is 10.0 Å². The number of hydrogen-bond acceptors (Lipinski definition) is 4. The van der Waals surface area contributed by atoms with Gasteiger partial charge in [-0.2, -0.15) is 4.31 Å². The summed E-state index contributed by atoms with van der Waals surface area (Å²) in [4.78, 5) is 13.1. The molecule has 172 valence electrons. The van der Waals surface area contributed by atoms with Crippen molar-refractivity contribution >= 4 is 26.9 Å². The lowest BCUT2D eigenvalue weighted by Gasteiger charge is -2.22. The normalized spacial score (nSPS) is 15.6. The second kappa shape index (κ2) is 10.6. The van der Waals surface area contributed by atoms with E-state index < -0.39 is 10.0 Å². The molecule has 31 heavy (non-hydrogen) atoms. The second-order valence-electron chi connectivity index (χ2n) is 8.63. The lowest BCUT2D eigenvalue weighted by atomic mass is 9.95. The lowest BCUT2D eigenvalue weighted by Crippen LogP contribution is -2.36. The van der Waals surface area contributed by atoms with Gasteiger partial charge in [-0.3, -0.25) is 4.79 Å². The largest absolute Gasteiger partial charge is 0.451 e. The number of carbonyl (C=O) groups excluding carboxylic acids is 1. The average molecular weight is 449 g/mol. The molecule has 1 aromatic carbocycles. The third-order valence-corrected chi connectivity index (χ3v) is 8.11. The molecule has 2 aromatic rings. The molecule has 1 fully saturated rings. The molecular formula is C24H36N2O4S. The molecule has 1 N–H and O–H groups in total. The number of hydrogen-bond donors (Lipinski definition) is 1. The van der Waals surface area contributed by atoms with Crippen molar-refractivity contribution in [2.45, 2.75) is 89.5 Å². The predicted octanol–water partition coefficient (Wildman–Crippen LogP) is 5.39. The Labute approximate surface area is 186 Å². The van der Waals surface area contributed by atoms with E-state index in [0.29, 0.717) is 29.6 Å². The van der Waals surface area contributed by atoms with Crippen molar-refractivity contribution in [3.05, 3.63) is 29.5 Å². The van der Waals surface area contributed by atoms with E-state index in [2.05, 4.69) is 19.2 Å². The van der Waals surface area contributed by atoms with Gasteiger partial charge in [-0.1, -0.05) is 46.0 Å². The van der Waals surface area contributed by atoms with Crippen LogP contribution < -0.4 is 5.32 Å². The summed E-state index contributed by atoms with van der Waals surface area (Å²) in [5.74, 6) is 0.0708. The molecule has 0 spiro atoms. The monoisotopic (exact) mass is 448 g/mol. The number of aryl methyl sites for hydroxylation is 1. The maximum Gasteiger partial charge on any atom is 0.287 e. The van der Waals surface area contributed by atoms with Crippen LogP contribution in [0.5, 0.6) is 0 Å². The predicted molar refractivity (Wildman–Crippen MR) is 124 cm³/mol. The minimum Gasteiger partial charge on any atom is -0.451 e. The van der Waals surface area contributed by atoms with Crippen LogP contribution in [0.1, 0.15) is 87.8 Å². The molecule has 3 rings (SSSR count). The van der Waals surface area contributed by atoms with Crippen LogP contribution in [0.2, 0.25) is 0 Å². The molecule has 0 saturated heterocycles. The summed E-state index contributed by atoms with van der Waals surface area (Å²) in [6.45, 7) is 6.99. The number of benzene rings is 1. The Morgan fingerprint density at radius 1 is 1.10 bits per heavy atom. The highest BCUT2D eigenvalue weighted by atomic mass is 32.2. The Morgan fingerprint density at radius 2 is 1.74 bits per heavy atom. The Bertz CT molecular complexity index is 982. The number of amides is 1. The molecule has 0 bridgehead atoms. The molecule has 0 radical (unpaired) electrons. The van der Waals surface area contributed by atoms with Crippen LogP contribution in [-0.4, -0.2) is 37.8 Å². The Morgan fingerprint density at radius 3 is 2.35 bits per heavy atom. The number of furan rings is 1. The minimum atomic E-state index is -3.60. The standard InChI is InChI=1S/C24H36N2O4S/c1-4-6-15-26(16-7-5-2)31(28,29)20-13-14-22-21(17-20)18(3)23(30-22)24(27)25-19-11-9-8-10-12-19/h13-14,17,19H,4-12,15-16H2,1-3H3,(H,25,27). The molecule has 0 aliphatic heterocycles. The first kappa shape index (κ1) is 23.8. The van der Waals surface area contributed by atoms with E-state index in [-0.39, 0.29) is 22.6 Å². The van der Waals surface area contributed by atoms with Crippen LogP contribution >= 0.6 is 0 Å². The van der Waals surface area contributed by atoms with Gasteiger partial charge in [0.25, 0.3) is 5.91 Å². The Balaban J connectivity index is 1.87. The molecular weight excluding hydrogens is 412 g/mol. The Hall–Kier alpha value is -1.86. The molecule has 1 aliphatic carbocycles. The highest BCUT2D eigenvalue weighted by Crippen LogP contribution is 2.29. The quantitative estimate of drug-likeness (QED) is 0.528. The number of fused-ring (bicyclic) bond motifs is 1. The van der Waals surface area contributed by atoms with E-state index >= 15 is 0 Å². The van der Waals surface area contributed by atoms with Gasteiger partial charge in [0.2, 0.25) is 10.0 Å². The summed E-state index contributed by atoms with van der Waals surface area (Å²) in [7, 11) is -3.60. The van der Waals surface area contributed by atoms with E-state index in [9.17, 15) is 13.2 Å². The number of nitrogens with zero attached hydrogens (tertiary/aromatic N) is 1. The van der Waals surface area contributed by atoms with Gasteiger partial charge in [-0.05, 0) is 50.8 Å². The van der Waals surface area contributed by atoms with Gasteiger partial charge in [0, 0.05) is 30.1 Å². The molecule has 1 aliphatic rings. The highest BCUT2D eigenvalue weighted by Gasteiger charge is 2.26. The molecule has 0 unspecified atom stereocenters. The first-order valence-electron chi connectivity index (χ1n) is 11.7. The van der Waals surface area contributed by atoms with Gasteiger partial charge in [0.05, 0.1) is 4.90 Å². The molecule has 1 amide bonds. The summed E-state index contributed by atoms with van der Waals surface area (Å²) >= 11 is 0. The zero-order chi connectivity index (χ0) is 22.4. The highest BCUT2D eigenvalue weighted by molar-refractivity contribution is 7.89. The van der Waals surface area contributed by atoms with Gasteiger partial charge < -0.3 is 9.73 Å². The topological polar surface area (TPSA) is 79.6 Å². The van der Waals surface area contributed by atoms with Crippen LogP contribution in [0.15, 0.2) is 27.5 Å². The van der Waals surface area contributed by atoms with Crippen molar-refractivity contribution in [3.63, 3.8) is 0 Å². The first-order chi connectivity index (χ1) is 14.9. The van der Waals surface area contributed by atoms with Crippen molar-refractivity contribution in [3.8, 4) is 0 Å². The van der Waals surface area contributed by atoms with Crippen LogP contribution in [0.4, 0.5) is 0 Å². The van der Waals surface area contributed by atoms with E-state index in [0.717, 1.165) is 51.4 Å². The first-order valence-corrected chi connectivity index (χ1v) is 13.2. The smallest absolute Gasteiger partial charge is 0.287 e. The van der Waals surface area contributed by atoms with Crippen LogP contribution in [0.25, 0.3) is 11.0 Å². The van der Waals surface area contributed by atoms with E-state index in [1.165, 1.54) is 6.42 Å². The maximum absolute atomic E-state index is 13.3. The third kappa shape index (κ3) is 5.50. The summed E-state index contributed by atoms with van der Waals surface area (Å²) in [5.41, 5.74) is 1.23. The van der Waals surface area contributed by atoms with Crippen LogP contribution in [0.3, 0.4) is 0 Å². The molecule has 1 heterocycles. The average Bonchev–Trinajstić information content (AvgIpc) is 3.10. The van der Waals surface area contributed by atoms with E-state index in [1.54, 1.807) is 22.5 Å². The van der Waals surface area contributed by atoms with Gasteiger partial charge in [-0.15, -0.1) is 0 Å². The van der Waals surface area contributed by atoms with Crippen molar-refractivity contribution in [2.24, 2.45) is 0 Å².